The molecule has 0 saturated heterocycles. The summed E-state index contributed by atoms with van der Waals surface area (Å²) in [6.45, 7) is 43.0. The van der Waals surface area contributed by atoms with Crippen molar-refractivity contribution in [3.8, 4) is 0 Å². The minimum absolute atomic E-state index is 0.883. The Morgan fingerprint density at radius 3 is 0.757 bits per heavy atom. The van der Waals surface area contributed by atoms with Gasteiger partial charge in [-0.2, -0.15) is 0 Å². The molecule has 0 aliphatic rings. The van der Waals surface area contributed by atoms with Gasteiger partial charge in [-0.3, -0.25) is 0 Å². The van der Waals surface area contributed by atoms with Crippen molar-refractivity contribution >= 4 is 110 Å². The summed E-state index contributed by atoms with van der Waals surface area (Å²) < 4.78 is 53.5. The minimum atomic E-state index is -3.56. The fourth-order valence-corrected chi connectivity index (χ4v) is 53.3. The molecule has 0 fully saturated rings. The van der Waals surface area contributed by atoms with Crippen molar-refractivity contribution in [3.05, 3.63) is 176 Å². The second-order valence-corrected chi connectivity index (χ2v) is 62.8. The zero-order valence-electron chi connectivity index (χ0n) is 45.2. The Morgan fingerprint density at radius 1 is 0.300 bits per heavy atom. The lowest BCUT2D eigenvalue weighted by atomic mass is 10.4. The summed E-state index contributed by atoms with van der Waals surface area (Å²) in [6, 6.07) is 56.8. The fourth-order valence-electron chi connectivity index (χ4n) is 8.50. The maximum atomic E-state index is 7.82. The third kappa shape index (κ3) is 16.2. The predicted molar refractivity (Wildman–Crippen MR) is 323 cm³/mol. The maximum absolute atomic E-state index is 7.82. The van der Waals surface area contributed by atoms with Crippen LogP contribution in [0, 0.1) is 0 Å². The highest BCUT2D eigenvalue weighted by Crippen LogP contribution is 2.35. The first-order valence-electron chi connectivity index (χ1n) is 25.0. The summed E-state index contributed by atoms with van der Waals surface area (Å²) in [7, 11) is -27.0. The molecule has 5 rings (SSSR count). The molecule has 0 aromatic heterocycles. The Bertz CT molecular complexity index is 2200. The van der Waals surface area contributed by atoms with Crippen molar-refractivity contribution in [1.29, 1.82) is 0 Å². The molecular formula is C53H84O7Si10. The first-order chi connectivity index (χ1) is 32.5. The van der Waals surface area contributed by atoms with Crippen molar-refractivity contribution in [1.82, 2.24) is 0 Å². The lowest BCUT2D eigenvalue weighted by molar-refractivity contribution is 0.269. The molecule has 0 heterocycles. The van der Waals surface area contributed by atoms with Crippen LogP contribution in [0.5, 0.6) is 0 Å². The van der Waals surface area contributed by atoms with E-state index in [1.54, 1.807) is 0 Å². The van der Waals surface area contributed by atoms with E-state index in [2.05, 4.69) is 263 Å². The van der Waals surface area contributed by atoms with Gasteiger partial charge in [-0.1, -0.05) is 163 Å². The first kappa shape index (κ1) is 58.4. The highest BCUT2D eigenvalue weighted by Gasteiger charge is 2.56. The Morgan fingerprint density at radius 2 is 0.529 bits per heavy atom. The van der Waals surface area contributed by atoms with Crippen LogP contribution in [-0.2, 0) is 28.8 Å². The lowest BCUT2D eigenvalue weighted by Crippen LogP contribution is -2.70. The summed E-state index contributed by atoms with van der Waals surface area (Å²) in [5.41, 5.74) is 4.06. The average Bonchev–Trinajstić information content (AvgIpc) is 3.30. The van der Waals surface area contributed by atoms with E-state index in [0.29, 0.717) is 0 Å². The van der Waals surface area contributed by atoms with Crippen LogP contribution in [-0.4, -0.2) is 84.1 Å². The van der Waals surface area contributed by atoms with Crippen LogP contribution >= 0.6 is 0 Å². The summed E-state index contributed by atoms with van der Waals surface area (Å²) in [6.07, 6.45) is 0. The molecule has 0 amide bonds. The SMILES string of the molecule is C=C[Si](C)(C)O[Si](O[Si](C)(C)CC[Si](C)(C)O[Si](O[Si](C)(C)C)(O[Si](C)(C)CC[Si](C)(C)O[Si](O[Si](C)(C)C=C)(c1ccccc1)c1ccccc1)c1ccccc1)(c1ccccc1)c1ccccc1. The van der Waals surface area contributed by atoms with E-state index in [1.165, 1.54) is 0 Å². The normalized spacial score (nSPS) is 13.8. The van der Waals surface area contributed by atoms with Gasteiger partial charge in [-0.15, -0.1) is 13.2 Å². The molecule has 0 spiro atoms. The molecule has 70 heavy (non-hydrogen) atoms. The molecule has 0 bridgehead atoms. The van der Waals surface area contributed by atoms with E-state index in [0.717, 1.165) is 50.1 Å². The zero-order valence-corrected chi connectivity index (χ0v) is 55.2. The second-order valence-electron chi connectivity index (χ2n) is 23.1. The van der Waals surface area contributed by atoms with Gasteiger partial charge in [-0.25, -0.2) is 0 Å². The fraction of sp³-hybridized carbons (Fsp3) is 0.358. The number of hydrogen-bond acceptors (Lipinski definition) is 7. The molecule has 378 valence electrons. The van der Waals surface area contributed by atoms with Crippen molar-refractivity contribution in [3.63, 3.8) is 0 Å². The van der Waals surface area contributed by atoms with Crippen LogP contribution < -0.4 is 25.9 Å². The van der Waals surface area contributed by atoms with Crippen LogP contribution in [0.15, 0.2) is 176 Å². The van der Waals surface area contributed by atoms with Gasteiger partial charge in [0.2, 0.25) is 16.6 Å². The lowest BCUT2D eigenvalue weighted by Gasteiger charge is -2.46. The predicted octanol–water partition coefficient (Wildman–Crippen LogP) is 12.0. The Kier molecular flexibility index (Phi) is 19.5. The quantitative estimate of drug-likeness (QED) is 0.0486. The highest BCUT2D eigenvalue weighted by atomic mass is 28.5. The molecule has 5 aromatic carbocycles. The van der Waals surface area contributed by atoms with Crippen LogP contribution in [0.3, 0.4) is 0 Å². The molecule has 0 atom stereocenters. The molecule has 5 aromatic rings. The Hall–Kier alpha value is -2.53. The summed E-state index contributed by atoms with van der Waals surface area (Å²) in [4.78, 5) is 0. The van der Waals surface area contributed by atoms with Gasteiger partial charge in [0.05, 0.1) is 0 Å². The van der Waals surface area contributed by atoms with E-state index < -0.39 is 84.1 Å². The molecule has 0 aliphatic carbocycles. The summed E-state index contributed by atoms with van der Waals surface area (Å²) >= 11 is 0. The van der Waals surface area contributed by atoms with Gasteiger partial charge in [0, 0.05) is 5.19 Å². The van der Waals surface area contributed by atoms with E-state index in [9.17, 15) is 0 Å². The van der Waals surface area contributed by atoms with Crippen LogP contribution in [0.1, 0.15) is 0 Å². The second kappa shape index (κ2) is 23.3. The van der Waals surface area contributed by atoms with Gasteiger partial charge in [0.25, 0.3) is 0 Å². The van der Waals surface area contributed by atoms with Crippen molar-refractivity contribution in [2.75, 3.05) is 0 Å². The molecule has 0 radical (unpaired) electrons. The smallest absolute Gasteiger partial charge is 0.430 e. The average molecular weight is 1110 g/mol. The van der Waals surface area contributed by atoms with Crippen molar-refractivity contribution < 1.29 is 28.8 Å². The zero-order chi connectivity index (χ0) is 51.8. The van der Waals surface area contributed by atoms with Crippen LogP contribution in [0.25, 0.3) is 0 Å². The first-order valence-corrected chi connectivity index (χ1v) is 52.2. The van der Waals surface area contributed by atoms with Gasteiger partial charge >= 0.3 is 25.9 Å². The number of benzene rings is 5. The standard InChI is InChI=1S/C53H84O7Si10/c1-18-62(6,7)55-68(49-35-25-20-26-36-49,50-37-27-21-28-38-50)57-64(10,11)45-47-66(14,15)59-70(54-61(3,4)5,53-43-33-24-34-44-53)60-67(16,17)48-46-65(12,13)58-69(56-63(8,9)19-2,51-39-29-22-30-40-51)52-41-31-23-32-42-52/h18-44H,1-2,45-48H2,3-17H3. The van der Waals surface area contributed by atoms with E-state index in [4.69, 9.17) is 28.8 Å². The molecule has 0 N–H and O–H groups in total. The Labute approximate surface area is 434 Å². The monoisotopic (exact) mass is 1110 g/mol. The molecule has 0 unspecified atom stereocenters. The molecule has 17 heteroatoms. The molecule has 0 saturated carbocycles. The van der Waals surface area contributed by atoms with E-state index in [-0.39, 0.29) is 0 Å². The third-order valence-corrected chi connectivity index (χ3v) is 49.8. The van der Waals surface area contributed by atoms with Gasteiger partial charge in [0.1, 0.15) is 0 Å². The van der Waals surface area contributed by atoms with Crippen LogP contribution in [0.4, 0.5) is 0 Å². The van der Waals surface area contributed by atoms with Gasteiger partial charge < -0.3 is 28.8 Å². The third-order valence-electron chi connectivity index (χ3n) is 12.3. The molecule has 7 nitrogen and oxygen atoms in total. The number of rotatable bonds is 27. The molecular weight excluding hydrogens is 1030 g/mol. The van der Waals surface area contributed by atoms with Crippen LogP contribution in [0.2, 0.25) is 122 Å². The Balaban J connectivity index is 1.48. The molecule has 0 aliphatic heterocycles. The topological polar surface area (TPSA) is 64.6 Å². The van der Waals surface area contributed by atoms with Gasteiger partial charge in [-0.05, 0) is 143 Å². The summed E-state index contributed by atoms with van der Waals surface area (Å²) in [5.74, 6) is 0. The van der Waals surface area contributed by atoms with E-state index >= 15 is 0 Å². The van der Waals surface area contributed by atoms with Crippen molar-refractivity contribution in [2.45, 2.75) is 122 Å². The minimum Gasteiger partial charge on any atom is -0.430 e. The summed E-state index contributed by atoms with van der Waals surface area (Å²) in [5, 5.41) is 5.52. The highest BCUT2D eigenvalue weighted by molar-refractivity contribution is 7.04. The largest absolute Gasteiger partial charge is 0.505 e. The van der Waals surface area contributed by atoms with E-state index in [1.807, 2.05) is 11.4 Å². The number of hydrogen-bond donors (Lipinski definition) is 0. The maximum Gasteiger partial charge on any atom is 0.505 e. The van der Waals surface area contributed by atoms with Crippen molar-refractivity contribution in [2.24, 2.45) is 0 Å². The van der Waals surface area contributed by atoms with Gasteiger partial charge in [0.15, 0.2) is 41.6 Å².